The summed E-state index contributed by atoms with van der Waals surface area (Å²) in [6.07, 6.45) is 6.71. The van der Waals surface area contributed by atoms with Crippen molar-refractivity contribution in [1.82, 2.24) is 9.97 Å². The van der Waals surface area contributed by atoms with Crippen LogP contribution in [-0.2, 0) is 0 Å². The zero-order valence-corrected chi connectivity index (χ0v) is 9.31. The lowest BCUT2D eigenvalue weighted by Gasteiger charge is -2.08. The van der Waals surface area contributed by atoms with Crippen molar-refractivity contribution < 1.29 is 0 Å². The van der Waals surface area contributed by atoms with Gasteiger partial charge < -0.3 is 5.73 Å². The van der Waals surface area contributed by atoms with E-state index in [-0.39, 0.29) is 0 Å². The van der Waals surface area contributed by atoms with Crippen molar-refractivity contribution in [3.8, 4) is 0 Å². The molecule has 0 bridgehead atoms. The summed E-state index contributed by atoms with van der Waals surface area (Å²) in [5.41, 5.74) is 5.51. The van der Waals surface area contributed by atoms with E-state index < -0.39 is 0 Å². The van der Waals surface area contributed by atoms with Crippen molar-refractivity contribution in [2.24, 2.45) is 0 Å². The first kappa shape index (κ1) is 10.1. The summed E-state index contributed by atoms with van der Waals surface area (Å²) >= 11 is 7.70. The van der Waals surface area contributed by atoms with Crippen LogP contribution in [0, 0.1) is 0 Å². The summed E-state index contributed by atoms with van der Waals surface area (Å²) in [6, 6.07) is 0. The van der Waals surface area contributed by atoms with E-state index in [1.165, 1.54) is 25.7 Å². The smallest absolute Gasteiger partial charge is 0.221 e. The summed E-state index contributed by atoms with van der Waals surface area (Å²) in [6.45, 7) is 0. The van der Waals surface area contributed by atoms with E-state index in [0.717, 1.165) is 5.03 Å². The molecule has 76 valence electrons. The Morgan fingerprint density at radius 2 is 2.14 bits per heavy atom. The fourth-order valence-corrected chi connectivity index (χ4v) is 3.03. The van der Waals surface area contributed by atoms with Gasteiger partial charge in [0, 0.05) is 5.25 Å². The van der Waals surface area contributed by atoms with Gasteiger partial charge >= 0.3 is 0 Å². The molecular weight excluding hydrogens is 218 g/mol. The number of nitrogen functional groups attached to an aromatic ring is 1. The number of hydrogen-bond donors (Lipinski definition) is 1. The number of nitrogens with zero attached hydrogens (tertiary/aromatic N) is 2. The molecule has 1 aliphatic rings. The molecule has 0 unspecified atom stereocenters. The number of thioether (sulfide) groups is 1. The first-order chi connectivity index (χ1) is 6.75. The molecule has 0 radical (unpaired) electrons. The molecular formula is C9H12ClN3S. The Labute approximate surface area is 92.5 Å². The fourth-order valence-electron chi connectivity index (χ4n) is 1.61. The van der Waals surface area contributed by atoms with Gasteiger partial charge in [-0.05, 0) is 12.8 Å². The zero-order chi connectivity index (χ0) is 9.97. The Balaban J connectivity index is 2.10. The monoisotopic (exact) mass is 229 g/mol. The molecule has 2 rings (SSSR count). The molecule has 14 heavy (non-hydrogen) atoms. The van der Waals surface area contributed by atoms with Crippen LogP contribution in [0.5, 0.6) is 0 Å². The highest BCUT2D eigenvalue weighted by Crippen LogP contribution is 2.36. The van der Waals surface area contributed by atoms with Gasteiger partial charge in [0.05, 0.1) is 11.2 Å². The van der Waals surface area contributed by atoms with Crippen molar-refractivity contribution in [2.45, 2.75) is 36.0 Å². The topological polar surface area (TPSA) is 51.8 Å². The number of nitrogens with two attached hydrogens (primary N) is 1. The van der Waals surface area contributed by atoms with Crippen LogP contribution < -0.4 is 5.73 Å². The maximum Gasteiger partial charge on any atom is 0.221 e. The molecule has 0 atom stereocenters. The zero-order valence-electron chi connectivity index (χ0n) is 7.74. The quantitative estimate of drug-likeness (QED) is 0.793. The molecule has 1 aromatic heterocycles. The minimum atomic E-state index is 0.301. The SMILES string of the molecule is Nc1ncc(Cl)c(SC2CCCC2)n1. The molecule has 0 saturated heterocycles. The van der Waals surface area contributed by atoms with Crippen LogP contribution in [0.4, 0.5) is 5.95 Å². The van der Waals surface area contributed by atoms with E-state index in [2.05, 4.69) is 9.97 Å². The van der Waals surface area contributed by atoms with Crippen LogP contribution >= 0.6 is 23.4 Å². The van der Waals surface area contributed by atoms with Gasteiger partial charge in [-0.2, -0.15) is 0 Å². The lowest BCUT2D eigenvalue weighted by atomic mass is 10.4. The van der Waals surface area contributed by atoms with Gasteiger partial charge in [0.1, 0.15) is 5.03 Å². The summed E-state index contributed by atoms with van der Waals surface area (Å²) < 4.78 is 0. The first-order valence-electron chi connectivity index (χ1n) is 4.70. The molecule has 1 heterocycles. The molecule has 1 fully saturated rings. The van der Waals surface area contributed by atoms with Crippen LogP contribution in [0.1, 0.15) is 25.7 Å². The third kappa shape index (κ3) is 2.30. The summed E-state index contributed by atoms with van der Waals surface area (Å²) in [4.78, 5) is 7.97. The van der Waals surface area contributed by atoms with E-state index in [1.807, 2.05) is 0 Å². The Kier molecular flexibility index (Phi) is 3.13. The molecule has 0 aliphatic heterocycles. The molecule has 5 heteroatoms. The second-order valence-corrected chi connectivity index (χ2v) is 5.10. The van der Waals surface area contributed by atoms with E-state index in [1.54, 1.807) is 18.0 Å². The number of aromatic nitrogens is 2. The normalized spacial score (nSPS) is 17.5. The van der Waals surface area contributed by atoms with Crippen molar-refractivity contribution in [2.75, 3.05) is 5.73 Å². The van der Waals surface area contributed by atoms with Gasteiger partial charge in [-0.1, -0.05) is 24.4 Å². The lowest BCUT2D eigenvalue weighted by Crippen LogP contribution is -1.99. The fraction of sp³-hybridized carbons (Fsp3) is 0.556. The maximum atomic E-state index is 5.97. The van der Waals surface area contributed by atoms with E-state index in [4.69, 9.17) is 17.3 Å². The lowest BCUT2D eigenvalue weighted by molar-refractivity contribution is 0.886. The van der Waals surface area contributed by atoms with Gasteiger partial charge in [0.25, 0.3) is 0 Å². The number of hydrogen-bond acceptors (Lipinski definition) is 4. The number of anilines is 1. The number of rotatable bonds is 2. The Morgan fingerprint density at radius 1 is 1.43 bits per heavy atom. The molecule has 0 amide bonds. The Morgan fingerprint density at radius 3 is 2.86 bits per heavy atom. The van der Waals surface area contributed by atoms with Crippen LogP contribution in [0.25, 0.3) is 0 Å². The van der Waals surface area contributed by atoms with E-state index >= 15 is 0 Å². The predicted molar refractivity (Wildman–Crippen MR) is 59.6 cm³/mol. The van der Waals surface area contributed by atoms with Gasteiger partial charge in [-0.25, -0.2) is 9.97 Å². The second kappa shape index (κ2) is 4.36. The molecule has 1 saturated carbocycles. The average molecular weight is 230 g/mol. The molecule has 1 aliphatic carbocycles. The molecule has 1 aromatic rings. The minimum Gasteiger partial charge on any atom is -0.368 e. The predicted octanol–water partition coefficient (Wildman–Crippen LogP) is 2.75. The van der Waals surface area contributed by atoms with Gasteiger partial charge in [-0.15, -0.1) is 11.8 Å². The standard InChI is InChI=1S/C9H12ClN3S/c10-7-5-12-9(11)13-8(7)14-6-3-1-2-4-6/h5-6H,1-4H2,(H2,11,12,13). The molecule has 0 aromatic carbocycles. The maximum absolute atomic E-state index is 5.97. The average Bonchev–Trinajstić information content (AvgIpc) is 2.64. The van der Waals surface area contributed by atoms with Gasteiger partial charge in [0.15, 0.2) is 0 Å². The van der Waals surface area contributed by atoms with E-state index in [0.29, 0.717) is 16.2 Å². The van der Waals surface area contributed by atoms with Crippen LogP contribution in [-0.4, -0.2) is 15.2 Å². The van der Waals surface area contributed by atoms with Crippen molar-refractivity contribution >= 4 is 29.3 Å². The highest BCUT2D eigenvalue weighted by molar-refractivity contribution is 8.00. The van der Waals surface area contributed by atoms with E-state index in [9.17, 15) is 0 Å². The third-order valence-corrected chi connectivity index (χ3v) is 4.04. The van der Waals surface area contributed by atoms with Gasteiger partial charge in [-0.3, -0.25) is 0 Å². The largest absolute Gasteiger partial charge is 0.368 e. The third-order valence-electron chi connectivity index (χ3n) is 2.31. The Hall–Kier alpha value is -0.480. The molecule has 2 N–H and O–H groups in total. The summed E-state index contributed by atoms with van der Waals surface area (Å²) in [7, 11) is 0. The number of halogens is 1. The van der Waals surface area contributed by atoms with Crippen molar-refractivity contribution in [3.63, 3.8) is 0 Å². The minimum absolute atomic E-state index is 0.301. The van der Waals surface area contributed by atoms with Crippen molar-refractivity contribution in [1.29, 1.82) is 0 Å². The summed E-state index contributed by atoms with van der Waals surface area (Å²) in [5, 5.41) is 2.09. The van der Waals surface area contributed by atoms with Crippen LogP contribution in [0.3, 0.4) is 0 Å². The first-order valence-corrected chi connectivity index (χ1v) is 5.96. The summed E-state index contributed by atoms with van der Waals surface area (Å²) in [5.74, 6) is 0.301. The Bertz CT molecular complexity index is 326. The molecule has 3 nitrogen and oxygen atoms in total. The molecule has 0 spiro atoms. The highest BCUT2D eigenvalue weighted by Gasteiger charge is 2.18. The van der Waals surface area contributed by atoms with Crippen LogP contribution in [0.15, 0.2) is 11.2 Å². The second-order valence-electron chi connectivity index (χ2n) is 3.41. The van der Waals surface area contributed by atoms with Gasteiger partial charge in [0.2, 0.25) is 5.95 Å². The van der Waals surface area contributed by atoms with Crippen molar-refractivity contribution in [3.05, 3.63) is 11.2 Å². The highest BCUT2D eigenvalue weighted by atomic mass is 35.5. The van der Waals surface area contributed by atoms with Crippen LogP contribution in [0.2, 0.25) is 5.02 Å².